The third kappa shape index (κ3) is 4.70. The minimum absolute atomic E-state index is 0.000638. The summed E-state index contributed by atoms with van der Waals surface area (Å²) >= 11 is 0. The van der Waals surface area contributed by atoms with Gasteiger partial charge in [0.15, 0.2) is 5.69 Å². The quantitative estimate of drug-likeness (QED) is 0.704. The van der Waals surface area contributed by atoms with Crippen LogP contribution in [0.2, 0.25) is 0 Å². The summed E-state index contributed by atoms with van der Waals surface area (Å²) in [6, 6.07) is 7.77. The number of methoxy groups -OCH3 is 1. The lowest BCUT2D eigenvalue weighted by Gasteiger charge is -2.32. The van der Waals surface area contributed by atoms with E-state index in [1.807, 2.05) is 27.9 Å². The normalized spacial score (nSPS) is 20.2. The maximum Gasteiger partial charge on any atom is 0.337 e. The number of nitrogens with zero attached hydrogens (tertiary/aromatic N) is 5. The molecule has 2 aliphatic rings. The van der Waals surface area contributed by atoms with Crippen LogP contribution in [-0.4, -0.2) is 70.0 Å². The number of piperidine rings is 2. The Balaban J connectivity index is 1.36. The zero-order valence-electron chi connectivity index (χ0n) is 17.5. The topological polar surface area (TPSA) is 80.6 Å². The minimum atomic E-state index is -0.319. The summed E-state index contributed by atoms with van der Waals surface area (Å²) in [6.07, 6.45) is 7.24. The number of ether oxygens (including phenoxy) is 1. The van der Waals surface area contributed by atoms with Gasteiger partial charge in [-0.3, -0.25) is 9.69 Å². The van der Waals surface area contributed by atoms with Crippen molar-refractivity contribution in [2.45, 2.75) is 44.7 Å². The molecule has 4 rings (SSSR count). The van der Waals surface area contributed by atoms with Crippen molar-refractivity contribution in [3.05, 3.63) is 47.3 Å². The van der Waals surface area contributed by atoms with Crippen LogP contribution in [0.3, 0.4) is 0 Å². The van der Waals surface area contributed by atoms with Crippen molar-refractivity contribution in [1.29, 1.82) is 0 Å². The average molecular weight is 412 g/mol. The van der Waals surface area contributed by atoms with E-state index < -0.39 is 0 Å². The van der Waals surface area contributed by atoms with E-state index in [2.05, 4.69) is 15.2 Å². The van der Waals surface area contributed by atoms with Crippen molar-refractivity contribution in [1.82, 2.24) is 24.8 Å². The predicted molar refractivity (Wildman–Crippen MR) is 111 cm³/mol. The molecule has 1 aromatic heterocycles. The average Bonchev–Trinajstić information content (AvgIpc) is 3.30. The minimum Gasteiger partial charge on any atom is -0.465 e. The molecule has 1 aromatic carbocycles. The van der Waals surface area contributed by atoms with Crippen LogP contribution < -0.4 is 0 Å². The van der Waals surface area contributed by atoms with Crippen molar-refractivity contribution in [2.75, 3.05) is 33.3 Å². The van der Waals surface area contributed by atoms with Gasteiger partial charge in [0.1, 0.15) is 0 Å². The molecule has 8 nitrogen and oxygen atoms in total. The molecule has 3 heterocycles. The molecule has 2 saturated heterocycles. The van der Waals surface area contributed by atoms with Crippen molar-refractivity contribution in [3.8, 4) is 0 Å². The Labute approximate surface area is 176 Å². The van der Waals surface area contributed by atoms with Crippen LogP contribution in [0.1, 0.15) is 64.6 Å². The molecule has 160 valence electrons. The first-order valence-electron chi connectivity index (χ1n) is 10.7. The molecule has 2 fully saturated rings. The maximum atomic E-state index is 12.7. The van der Waals surface area contributed by atoms with Gasteiger partial charge >= 0.3 is 5.97 Å². The molecule has 0 spiro atoms. The van der Waals surface area contributed by atoms with Crippen molar-refractivity contribution < 1.29 is 14.3 Å². The lowest BCUT2D eigenvalue weighted by Crippen LogP contribution is -2.36. The van der Waals surface area contributed by atoms with Crippen molar-refractivity contribution in [3.63, 3.8) is 0 Å². The van der Waals surface area contributed by atoms with Gasteiger partial charge in [0.25, 0.3) is 5.91 Å². The van der Waals surface area contributed by atoms with E-state index in [4.69, 9.17) is 4.74 Å². The van der Waals surface area contributed by atoms with Gasteiger partial charge in [0, 0.05) is 26.2 Å². The number of amides is 1. The molecule has 8 heteroatoms. The fourth-order valence-corrected chi connectivity index (χ4v) is 4.33. The molecule has 0 aliphatic carbocycles. The SMILES string of the molecule is COC(=O)c1ccc(CN2CCC[C@H](n3cc(C(=O)N4CCCCC4)nn3)C2)cc1. The summed E-state index contributed by atoms with van der Waals surface area (Å²) in [5, 5.41) is 8.45. The van der Waals surface area contributed by atoms with E-state index in [9.17, 15) is 9.59 Å². The van der Waals surface area contributed by atoms with Gasteiger partial charge in [-0.15, -0.1) is 5.10 Å². The van der Waals surface area contributed by atoms with Crippen LogP contribution >= 0.6 is 0 Å². The monoisotopic (exact) mass is 411 g/mol. The highest BCUT2D eigenvalue weighted by molar-refractivity contribution is 5.92. The predicted octanol–water partition coefficient (Wildman–Crippen LogP) is 2.53. The summed E-state index contributed by atoms with van der Waals surface area (Å²) < 4.78 is 6.62. The van der Waals surface area contributed by atoms with E-state index in [0.717, 1.165) is 64.0 Å². The lowest BCUT2D eigenvalue weighted by molar-refractivity contribution is 0.0600. The second kappa shape index (κ2) is 9.38. The molecular weight excluding hydrogens is 382 g/mol. The Kier molecular flexibility index (Phi) is 6.42. The van der Waals surface area contributed by atoms with Crippen LogP contribution in [0.15, 0.2) is 30.5 Å². The second-order valence-corrected chi connectivity index (χ2v) is 8.16. The molecule has 0 bridgehead atoms. The Bertz CT molecular complexity index is 873. The summed E-state index contributed by atoms with van der Waals surface area (Å²) in [4.78, 5) is 28.5. The second-order valence-electron chi connectivity index (χ2n) is 8.16. The van der Waals surface area contributed by atoms with E-state index in [1.54, 1.807) is 12.1 Å². The highest BCUT2D eigenvalue weighted by Crippen LogP contribution is 2.23. The van der Waals surface area contributed by atoms with Gasteiger partial charge in [0.2, 0.25) is 0 Å². The zero-order valence-corrected chi connectivity index (χ0v) is 17.5. The summed E-state index contributed by atoms with van der Waals surface area (Å²) in [5.41, 5.74) is 2.17. The Morgan fingerprint density at radius 2 is 1.83 bits per heavy atom. The van der Waals surface area contributed by atoms with E-state index in [0.29, 0.717) is 11.3 Å². The number of esters is 1. The highest BCUT2D eigenvalue weighted by atomic mass is 16.5. The number of likely N-dealkylation sites (tertiary alicyclic amines) is 2. The first-order valence-corrected chi connectivity index (χ1v) is 10.7. The molecule has 2 aliphatic heterocycles. The number of aromatic nitrogens is 3. The molecule has 2 aromatic rings. The third-order valence-corrected chi connectivity index (χ3v) is 6.01. The van der Waals surface area contributed by atoms with Gasteiger partial charge in [-0.1, -0.05) is 17.3 Å². The first kappa shape index (κ1) is 20.5. The smallest absolute Gasteiger partial charge is 0.337 e. The standard InChI is InChI=1S/C22H29N5O3/c1-30-22(29)18-9-7-17(8-10-18)14-25-11-5-6-19(15-25)27-16-20(23-24-27)21(28)26-12-3-2-4-13-26/h7-10,16,19H,2-6,11-15H2,1H3/t19-/m0/s1. The van der Waals surface area contributed by atoms with Crippen LogP contribution in [0.25, 0.3) is 0 Å². The number of benzene rings is 1. The first-order chi connectivity index (χ1) is 14.6. The van der Waals surface area contributed by atoms with Gasteiger partial charge in [-0.05, 0) is 56.3 Å². The Morgan fingerprint density at radius 3 is 2.57 bits per heavy atom. The van der Waals surface area contributed by atoms with E-state index in [1.165, 1.54) is 13.5 Å². The largest absolute Gasteiger partial charge is 0.465 e. The van der Waals surface area contributed by atoms with Gasteiger partial charge in [-0.2, -0.15) is 0 Å². The van der Waals surface area contributed by atoms with Gasteiger partial charge in [-0.25, -0.2) is 9.48 Å². The van der Waals surface area contributed by atoms with Crippen molar-refractivity contribution >= 4 is 11.9 Å². The number of carbonyl (C=O) groups excluding carboxylic acids is 2. The molecule has 30 heavy (non-hydrogen) atoms. The van der Waals surface area contributed by atoms with E-state index >= 15 is 0 Å². The molecule has 1 amide bonds. The number of hydrogen-bond acceptors (Lipinski definition) is 6. The van der Waals surface area contributed by atoms with E-state index in [-0.39, 0.29) is 17.9 Å². The van der Waals surface area contributed by atoms with Gasteiger partial charge in [0.05, 0.1) is 24.9 Å². The molecule has 0 radical (unpaired) electrons. The fraction of sp³-hybridized carbons (Fsp3) is 0.545. The zero-order chi connectivity index (χ0) is 20.9. The third-order valence-electron chi connectivity index (χ3n) is 6.01. The highest BCUT2D eigenvalue weighted by Gasteiger charge is 2.25. The Morgan fingerprint density at radius 1 is 1.07 bits per heavy atom. The van der Waals surface area contributed by atoms with Crippen LogP contribution in [-0.2, 0) is 11.3 Å². The number of rotatable bonds is 5. The molecule has 0 N–H and O–H groups in total. The van der Waals surface area contributed by atoms with Crippen LogP contribution in [0.4, 0.5) is 0 Å². The van der Waals surface area contributed by atoms with Crippen molar-refractivity contribution in [2.24, 2.45) is 0 Å². The summed E-state index contributed by atoms with van der Waals surface area (Å²) in [5.74, 6) is -0.319. The maximum absolute atomic E-state index is 12.7. The Hall–Kier alpha value is -2.74. The molecule has 1 atom stereocenters. The van der Waals surface area contributed by atoms with Crippen LogP contribution in [0, 0.1) is 0 Å². The summed E-state index contributed by atoms with van der Waals surface area (Å²) in [6.45, 7) is 4.32. The molecule has 0 saturated carbocycles. The lowest BCUT2D eigenvalue weighted by atomic mass is 10.0. The number of hydrogen-bond donors (Lipinski definition) is 0. The molecule has 0 unspecified atom stereocenters. The van der Waals surface area contributed by atoms with Crippen LogP contribution in [0.5, 0.6) is 0 Å². The van der Waals surface area contributed by atoms with Gasteiger partial charge < -0.3 is 9.64 Å². The fourth-order valence-electron chi connectivity index (χ4n) is 4.33. The molecular formula is C22H29N5O3. The summed E-state index contributed by atoms with van der Waals surface area (Å²) in [7, 11) is 1.39. The number of carbonyl (C=O) groups is 2.